The number of aryl methyl sites for hydroxylation is 1. The number of nitrogens with zero attached hydrogens (tertiary/aromatic N) is 1. The van der Waals surface area contributed by atoms with Crippen LogP contribution < -0.4 is 0 Å². The van der Waals surface area contributed by atoms with Crippen molar-refractivity contribution in [3.05, 3.63) is 107 Å². The highest BCUT2D eigenvalue weighted by atomic mass is 16.5. The number of aliphatic hydroxyl groups is 1. The van der Waals surface area contributed by atoms with Gasteiger partial charge in [-0.2, -0.15) is 0 Å². The second kappa shape index (κ2) is 10.2. The fourth-order valence-corrected chi connectivity index (χ4v) is 5.50. The first-order valence-electron chi connectivity index (χ1n) is 12.7. The average molecular weight is 454 g/mol. The van der Waals surface area contributed by atoms with E-state index in [2.05, 4.69) is 78.4 Å². The van der Waals surface area contributed by atoms with Gasteiger partial charge in [0.05, 0.1) is 18.8 Å². The van der Waals surface area contributed by atoms with Gasteiger partial charge in [0.15, 0.2) is 0 Å². The normalized spacial score (nSPS) is 20.6. The fourth-order valence-electron chi connectivity index (χ4n) is 5.50. The Balaban J connectivity index is 1.42. The quantitative estimate of drug-likeness (QED) is 0.317. The Labute approximate surface area is 203 Å². The van der Waals surface area contributed by atoms with Crippen LogP contribution in [0.15, 0.2) is 85.1 Å². The Bertz CT molecular complexity index is 1210. The van der Waals surface area contributed by atoms with Crippen molar-refractivity contribution in [1.82, 2.24) is 4.57 Å². The number of hydrogen-bond acceptors (Lipinski definition) is 2. The van der Waals surface area contributed by atoms with E-state index in [0.29, 0.717) is 13.2 Å². The molecular weight excluding hydrogens is 418 g/mol. The number of fused-ring (bicyclic) bond motifs is 1. The molecule has 0 spiro atoms. The first kappa shape index (κ1) is 22.9. The number of rotatable bonds is 8. The standard InChI is InChI=1S/C31H35NO2/c1-2-24-15-17-25(18-16-24)20-32-21-29(28-13-6-7-14-30(28)32)31(33)19-9-8-12-27(31)23-34-22-26-10-4-3-5-11-26/h3-7,10-11,13-18,21,27,33H,2,8-9,12,19-20,22-23H2,1H3. The summed E-state index contributed by atoms with van der Waals surface area (Å²) in [5.41, 5.74) is 5.18. The lowest BCUT2D eigenvalue weighted by Gasteiger charge is -2.40. The first-order valence-corrected chi connectivity index (χ1v) is 12.7. The van der Waals surface area contributed by atoms with E-state index in [1.807, 2.05) is 18.2 Å². The van der Waals surface area contributed by atoms with Gasteiger partial charge < -0.3 is 14.4 Å². The summed E-state index contributed by atoms with van der Waals surface area (Å²) in [4.78, 5) is 0. The fraction of sp³-hybridized carbons (Fsp3) is 0.355. The number of ether oxygens (including phenoxy) is 1. The van der Waals surface area contributed by atoms with E-state index in [1.54, 1.807) is 0 Å². The molecule has 1 fully saturated rings. The molecule has 1 N–H and O–H groups in total. The van der Waals surface area contributed by atoms with Crippen LogP contribution in [0.4, 0.5) is 0 Å². The second-order valence-electron chi connectivity index (χ2n) is 9.73. The van der Waals surface area contributed by atoms with Crippen LogP contribution in [-0.2, 0) is 29.9 Å². The van der Waals surface area contributed by atoms with Gasteiger partial charge in [-0.1, -0.05) is 92.6 Å². The van der Waals surface area contributed by atoms with E-state index in [9.17, 15) is 5.11 Å². The van der Waals surface area contributed by atoms with Crippen molar-refractivity contribution in [2.45, 2.75) is 57.8 Å². The van der Waals surface area contributed by atoms with Crippen molar-refractivity contribution in [3.63, 3.8) is 0 Å². The van der Waals surface area contributed by atoms with Gasteiger partial charge in [0.25, 0.3) is 0 Å². The average Bonchev–Trinajstić information content (AvgIpc) is 3.25. The Morgan fingerprint density at radius 1 is 0.882 bits per heavy atom. The van der Waals surface area contributed by atoms with E-state index in [-0.39, 0.29) is 5.92 Å². The molecule has 2 atom stereocenters. The van der Waals surface area contributed by atoms with E-state index < -0.39 is 5.60 Å². The molecule has 0 bridgehead atoms. The molecule has 3 aromatic carbocycles. The predicted octanol–water partition coefficient (Wildman–Crippen LogP) is 6.85. The molecular formula is C31H35NO2. The number of benzene rings is 3. The van der Waals surface area contributed by atoms with Crippen molar-refractivity contribution in [2.24, 2.45) is 5.92 Å². The maximum Gasteiger partial charge on any atom is 0.0967 e. The van der Waals surface area contributed by atoms with E-state index >= 15 is 0 Å². The van der Waals surface area contributed by atoms with Crippen molar-refractivity contribution < 1.29 is 9.84 Å². The summed E-state index contributed by atoms with van der Waals surface area (Å²) < 4.78 is 8.45. The summed E-state index contributed by atoms with van der Waals surface area (Å²) in [7, 11) is 0. The van der Waals surface area contributed by atoms with E-state index in [1.165, 1.54) is 22.2 Å². The van der Waals surface area contributed by atoms with Crippen LogP contribution in [0.2, 0.25) is 0 Å². The van der Waals surface area contributed by atoms with Gasteiger partial charge in [0.1, 0.15) is 0 Å². The topological polar surface area (TPSA) is 34.4 Å². The zero-order valence-corrected chi connectivity index (χ0v) is 20.1. The minimum absolute atomic E-state index is 0.0908. The molecule has 0 aliphatic heterocycles. The number of para-hydroxylation sites is 1. The zero-order chi connectivity index (χ0) is 23.4. The third-order valence-corrected chi connectivity index (χ3v) is 7.51. The molecule has 1 aliphatic carbocycles. The molecule has 0 radical (unpaired) electrons. The smallest absolute Gasteiger partial charge is 0.0967 e. The minimum atomic E-state index is -0.869. The molecule has 0 saturated heterocycles. The molecule has 3 nitrogen and oxygen atoms in total. The predicted molar refractivity (Wildman–Crippen MR) is 139 cm³/mol. The molecule has 1 heterocycles. The van der Waals surface area contributed by atoms with Crippen LogP contribution >= 0.6 is 0 Å². The maximum atomic E-state index is 12.2. The minimum Gasteiger partial charge on any atom is -0.385 e. The van der Waals surface area contributed by atoms with E-state index in [4.69, 9.17) is 4.74 Å². The van der Waals surface area contributed by atoms with Crippen LogP contribution in [-0.4, -0.2) is 16.3 Å². The molecule has 4 aromatic rings. The highest BCUT2D eigenvalue weighted by Crippen LogP contribution is 2.45. The summed E-state index contributed by atoms with van der Waals surface area (Å²) in [6.07, 6.45) is 7.22. The van der Waals surface area contributed by atoms with Gasteiger partial charge >= 0.3 is 0 Å². The van der Waals surface area contributed by atoms with Crippen molar-refractivity contribution in [3.8, 4) is 0 Å². The van der Waals surface area contributed by atoms with E-state index in [0.717, 1.165) is 49.6 Å². The highest BCUT2D eigenvalue weighted by Gasteiger charge is 2.42. The van der Waals surface area contributed by atoms with Crippen LogP contribution in [0.3, 0.4) is 0 Å². The van der Waals surface area contributed by atoms with Crippen LogP contribution in [0.1, 0.15) is 54.9 Å². The SMILES string of the molecule is CCc1ccc(Cn2cc(C3(O)CCCCC3COCc3ccccc3)c3ccccc32)cc1. The lowest BCUT2D eigenvalue weighted by Crippen LogP contribution is -2.40. The summed E-state index contributed by atoms with van der Waals surface area (Å²) >= 11 is 0. The number of aromatic nitrogens is 1. The Morgan fingerprint density at radius 2 is 1.62 bits per heavy atom. The number of hydrogen-bond donors (Lipinski definition) is 1. The van der Waals surface area contributed by atoms with Crippen molar-refractivity contribution in [1.29, 1.82) is 0 Å². The molecule has 1 saturated carbocycles. The molecule has 3 heteroatoms. The monoisotopic (exact) mass is 453 g/mol. The largest absolute Gasteiger partial charge is 0.385 e. The summed E-state index contributed by atoms with van der Waals surface area (Å²) in [6, 6.07) is 27.7. The van der Waals surface area contributed by atoms with Gasteiger partial charge in [-0.3, -0.25) is 0 Å². The Morgan fingerprint density at radius 3 is 2.41 bits per heavy atom. The van der Waals surface area contributed by atoms with Gasteiger partial charge in [0, 0.05) is 35.1 Å². The Kier molecular flexibility index (Phi) is 6.85. The van der Waals surface area contributed by atoms with Gasteiger partial charge in [-0.25, -0.2) is 0 Å². The molecule has 34 heavy (non-hydrogen) atoms. The Hall–Kier alpha value is -2.88. The summed E-state index contributed by atoms with van der Waals surface area (Å²) in [5, 5.41) is 13.3. The molecule has 0 amide bonds. The lowest BCUT2D eigenvalue weighted by atomic mass is 9.72. The molecule has 2 unspecified atom stereocenters. The summed E-state index contributed by atoms with van der Waals surface area (Å²) in [5.74, 6) is 0.0908. The molecule has 1 aromatic heterocycles. The molecule has 1 aliphatic rings. The van der Waals surface area contributed by atoms with Crippen LogP contribution in [0.5, 0.6) is 0 Å². The third-order valence-electron chi connectivity index (χ3n) is 7.51. The summed E-state index contributed by atoms with van der Waals surface area (Å²) in [6.45, 7) is 4.15. The molecule has 176 valence electrons. The highest BCUT2D eigenvalue weighted by molar-refractivity contribution is 5.85. The van der Waals surface area contributed by atoms with Crippen LogP contribution in [0, 0.1) is 5.92 Å². The zero-order valence-electron chi connectivity index (χ0n) is 20.1. The van der Waals surface area contributed by atoms with Gasteiger partial charge in [0.2, 0.25) is 0 Å². The van der Waals surface area contributed by atoms with Gasteiger partial charge in [-0.05, 0) is 42.0 Å². The second-order valence-corrected chi connectivity index (χ2v) is 9.73. The van der Waals surface area contributed by atoms with Crippen molar-refractivity contribution >= 4 is 10.9 Å². The lowest BCUT2D eigenvalue weighted by molar-refractivity contribution is -0.0869. The first-order chi connectivity index (χ1) is 16.7. The maximum absolute atomic E-state index is 12.2. The third kappa shape index (κ3) is 4.68. The van der Waals surface area contributed by atoms with Crippen molar-refractivity contribution in [2.75, 3.05) is 6.61 Å². The molecule has 5 rings (SSSR count). The van der Waals surface area contributed by atoms with Crippen LogP contribution in [0.25, 0.3) is 10.9 Å². The van der Waals surface area contributed by atoms with Gasteiger partial charge in [-0.15, -0.1) is 0 Å².